The summed E-state index contributed by atoms with van der Waals surface area (Å²) in [5, 5.41) is 11.2. The van der Waals surface area contributed by atoms with Crippen LogP contribution in [-0.2, 0) is 16.2 Å². The van der Waals surface area contributed by atoms with Crippen LogP contribution in [0.5, 0.6) is 5.75 Å². The predicted octanol–water partition coefficient (Wildman–Crippen LogP) is 6.26. The third kappa shape index (κ3) is 5.24. The average molecular weight is 580 g/mol. The van der Waals surface area contributed by atoms with E-state index < -0.39 is 33.5 Å². The molecule has 0 fully saturated rings. The van der Waals surface area contributed by atoms with Gasteiger partial charge in [-0.3, -0.25) is 4.98 Å². The quantitative estimate of drug-likeness (QED) is 0.219. The zero-order chi connectivity index (χ0) is 29.4. The number of hydrogen-bond acceptors (Lipinski definition) is 7. The van der Waals surface area contributed by atoms with E-state index in [2.05, 4.69) is 15.0 Å². The number of sulfonamides is 1. The van der Waals surface area contributed by atoms with Gasteiger partial charge in [0.25, 0.3) is 10.0 Å². The maximum Gasteiger partial charge on any atom is 0.416 e. The highest BCUT2D eigenvalue weighted by Crippen LogP contribution is 2.42. The largest absolute Gasteiger partial charge is 0.495 e. The van der Waals surface area contributed by atoms with Gasteiger partial charge in [0.05, 0.1) is 41.6 Å². The first-order chi connectivity index (χ1) is 19.5. The van der Waals surface area contributed by atoms with Gasteiger partial charge in [-0.15, -0.1) is 0 Å². The lowest BCUT2D eigenvalue weighted by Gasteiger charge is -2.25. The Kier molecular flexibility index (Phi) is 7.02. The molecule has 0 atom stereocenters. The van der Waals surface area contributed by atoms with Crippen LogP contribution in [0.4, 0.5) is 29.2 Å². The summed E-state index contributed by atoms with van der Waals surface area (Å²) in [7, 11) is -3.32. The Hall–Kier alpha value is -5.09. The number of pyridine rings is 1. The molecule has 206 valence electrons. The molecule has 41 heavy (non-hydrogen) atoms. The molecule has 5 aromatic rings. The zero-order valence-electron chi connectivity index (χ0n) is 21.0. The van der Waals surface area contributed by atoms with Gasteiger partial charge in [-0.1, -0.05) is 18.2 Å². The van der Waals surface area contributed by atoms with Crippen molar-refractivity contribution in [1.82, 2.24) is 15.0 Å². The number of nitriles is 1. The molecule has 2 aromatic heterocycles. The lowest BCUT2D eigenvalue weighted by molar-refractivity contribution is -0.137. The van der Waals surface area contributed by atoms with E-state index in [9.17, 15) is 31.2 Å². The van der Waals surface area contributed by atoms with Gasteiger partial charge < -0.3 is 4.74 Å². The normalized spacial score (nSPS) is 11.7. The SMILES string of the molecule is COc1cc(-c2cccc(C(F)(F)F)c2)c(C#N)cc1N(c1ncc(F)cn1)S(=O)(=O)c1ccc2cnccc2c1. The van der Waals surface area contributed by atoms with Crippen molar-refractivity contribution < 1.29 is 30.7 Å². The van der Waals surface area contributed by atoms with E-state index in [0.29, 0.717) is 15.1 Å². The summed E-state index contributed by atoms with van der Waals surface area (Å²) in [6.07, 6.45) is -0.0413. The third-order valence-electron chi connectivity index (χ3n) is 6.10. The fourth-order valence-electron chi connectivity index (χ4n) is 4.17. The van der Waals surface area contributed by atoms with Gasteiger partial charge in [-0.2, -0.15) is 22.7 Å². The molecule has 0 saturated heterocycles. The van der Waals surface area contributed by atoms with Gasteiger partial charge in [0.15, 0.2) is 5.82 Å². The van der Waals surface area contributed by atoms with Crippen LogP contribution in [0.2, 0.25) is 0 Å². The van der Waals surface area contributed by atoms with Crippen molar-refractivity contribution in [3.05, 3.63) is 102 Å². The second-order valence-corrected chi connectivity index (χ2v) is 10.4. The first-order valence-electron chi connectivity index (χ1n) is 11.7. The number of benzene rings is 3. The standard InChI is InChI=1S/C28H17F4N5O3S/c1-40-26-12-24(18-3-2-4-21(9-18)28(30,31)32)20(13-33)11-25(26)37(27-35-15-22(29)16-36-27)41(38,39)23-6-5-19-14-34-8-7-17(19)10-23/h2-12,14-16H,1H3. The number of fused-ring (bicyclic) bond motifs is 1. The smallest absolute Gasteiger partial charge is 0.416 e. The molecular weight excluding hydrogens is 562 g/mol. The number of anilines is 2. The maximum atomic E-state index is 14.1. The Labute approximate surface area is 231 Å². The van der Waals surface area contributed by atoms with Crippen LogP contribution in [0.25, 0.3) is 21.9 Å². The molecule has 0 radical (unpaired) electrons. The van der Waals surface area contributed by atoms with Gasteiger partial charge in [0, 0.05) is 23.3 Å². The Morgan fingerprint density at radius 2 is 1.71 bits per heavy atom. The minimum absolute atomic E-state index is 0.0526. The number of methoxy groups -OCH3 is 1. The highest BCUT2D eigenvalue weighted by molar-refractivity contribution is 7.93. The molecule has 0 amide bonds. The first-order valence-corrected chi connectivity index (χ1v) is 13.1. The van der Waals surface area contributed by atoms with E-state index in [0.717, 1.165) is 30.6 Å². The molecule has 0 saturated carbocycles. The van der Waals surface area contributed by atoms with Gasteiger partial charge >= 0.3 is 6.18 Å². The molecule has 0 aliphatic rings. The highest BCUT2D eigenvalue weighted by atomic mass is 32.2. The summed E-state index contributed by atoms with van der Waals surface area (Å²) in [5.41, 5.74) is -1.20. The number of nitrogens with zero attached hydrogens (tertiary/aromatic N) is 5. The molecule has 0 unspecified atom stereocenters. The van der Waals surface area contributed by atoms with Crippen LogP contribution in [0.1, 0.15) is 11.1 Å². The summed E-state index contributed by atoms with van der Waals surface area (Å²) < 4.78 is 88.2. The molecule has 3 aromatic carbocycles. The van der Waals surface area contributed by atoms with Crippen molar-refractivity contribution in [2.75, 3.05) is 11.4 Å². The van der Waals surface area contributed by atoms with Crippen molar-refractivity contribution in [3.63, 3.8) is 0 Å². The summed E-state index contributed by atoms with van der Waals surface area (Å²) in [5.74, 6) is -1.41. The van der Waals surface area contributed by atoms with Gasteiger partial charge in [-0.05, 0) is 53.4 Å². The fourth-order valence-corrected chi connectivity index (χ4v) is 5.60. The molecule has 0 bridgehead atoms. The Bertz CT molecular complexity index is 1920. The van der Waals surface area contributed by atoms with Crippen molar-refractivity contribution in [2.24, 2.45) is 0 Å². The number of ether oxygens (including phenoxy) is 1. The molecule has 13 heteroatoms. The topological polar surface area (TPSA) is 109 Å². The van der Waals surface area contributed by atoms with Crippen LogP contribution in [0, 0.1) is 17.1 Å². The molecular formula is C28H17F4N5O3S. The van der Waals surface area contributed by atoms with E-state index >= 15 is 0 Å². The van der Waals surface area contributed by atoms with Crippen LogP contribution in [0.15, 0.2) is 90.3 Å². The van der Waals surface area contributed by atoms with E-state index in [1.165, 1.54) is 43.6 Å². The Morgan fingerprint density at radius 1 is 0.951 bits per heavy atom. The molecule has 0 aliphatic heterocycles. The second-order valence-electron chi connectivity index (χ2n) is 8.62. The number of aromatic nitrogens is 3. The Balaban J connectivity index is 1.75. The van der Waals surface area contributed by atoms with Crippen LogP contribution < -0.4 is 9.04 Å². The Morgan fingerprint density at radius 3 is 2.39 bits per heavy atom. The van der Waals surface area contributed by atoms with Gasteiger partial charge in [0.2, 0.25) is 5.95 Å². The number of halogens is 4. The molecule has 0 spiro atoms. The minimum Gasteiger partial charge on any atom is -0.495 e. The summed E-state index contributed by atoms with van der Waals surface area (Å²) in [6, 6.07) is 14.5. The second kappa shape index (κ2) is 10.5. The number of hydrogen-bond donors (Lipinski definition) is 0. The molecule has 0 N–H and O–H groups in total. The van der Waals surface area contributed by atoms with Crippen molar-refractivity contribution in [2.45, 2.75) is 11.1 Å². The summed E-state index contributed by atoms with van der Waals surface area (Å²) >= 11 is 0. The minimum atomic E-state index is -4.63. The van der Waals surface area contributed by atoms with Crippen molar-refractivity contribution in [1.29, 1.82) is 5.26 Å². The van der Waals surface area contributed by atoms with E-state index in [4.69, 9.17) is 4.74 Å². The average Bonchev–Trinajstić information content (AvgIpc) is 2.97. The molecule has 2 heterocycles. The molecule has 8 nitrogen and oxygen atoms in total. The first kappa shape index (κ1) is 27.5. The molecule has 0 aliphatic carbocycles. The van der Waals surface area contributed by atoms with E-state index in [-0.39, 0.29) is 33.0 Å². The van der Waals surface area contributed by atoms with E-state index in [1.807, 2.05) is 6.07 Å². The van der Waals surface area contributed by atoms with Crippen molar-refractivity contribution >= 4 is 32.4 Å². The van der Waals surface area contributed by atoms with Crippen molar-refractivity contribution in [3.8, 4) is 22.9 Å². The molecule has 5 rings (SSSR count). The van der Waals surface area contributed by atoms with Gasteiger partial charge in [-0.25, -0.2) is 22.8 Å². The fraction of sp³-hybridized carbons (Fsp3) is 0.0714. The third-order valence-corrected chi connectivity index (χ3v) is 7.79. The number of alkyl halides is 3. The summed E-state index contributed by atoms with van der Waals surface area (Å²) in [6.45, 7) is 0. The zero-order valence-corrected chi connectivity index (χ0v) is 21.8. The predicted molar refractivity (Wildman–Crippen MR) is 141 cm³/mol. The van der Waals surface area contributed by atoms with Crippen LogP contribution >= 0.6 is 0 Å². The lowest BCUT2D eigenvalue weighted by Crippen LogP contribution is -2.28. The highest BCUT2D eigenvalue weighted by Gasteiger charge is 2.34. The maximum absolute atomic E-state index is 14.1. The number of rotatable bonds is 6. The summed E-state index contributed by atoms with van der Waals surface area (Å²) in [4.78, 5) is 11.5. The van der Waals surface area contributed by atoms with Gasteiger partial charge in [0.1, 0.15) is 11.4 Å². The van der Waals surface area contributed by atoms with Crippen LogP contribution in [0.3, 0.4) is 0 Å². The lowest BCUT2D eigenvalue weighted by atomic mass is 9.97. The van der Waals surface area contributed by atoms with E-state index in [1.54, 1.807) is 18.3 Å². The monoisotopic (exact) mass is 579 g/mol. The van der Waals surface area contributed by atoms with Crippen LogP contribution in [-0.4, -0.2) is 30.5 Å².